The lowest BCUT2D eigenvalue weighted by Crippen LogP contribution is -2.44. The van der Waals surface area contributed by atoms with Crippen molar-refractivity contribution in [2.75, 3.05) is 0 Å². The van der Waals surface area contributed by atoms with Gasteiger partial charge in [0.1, 0.15) is 0 Å². The molecule has 0 aromatic heterocycles. The van der Waals surface area contributed by atoms with Gasteiger partial charge in [-0.15, -0.1) is 0 Å². The molecule has 1 aliphatic heterocycles. The lowest BCUT2D eigenvalue weighted by molar-refractivity contribution is 0.471. The van der Waals surface area contributed by atoms with Gasteiger partial charge in [0.15, 0.2) is 0 Å². The summed E-state index contributed by atoms with van der Waals surface area (Å²) in [5.41, 5.74) is 4.16. The van der Waals surface area contributed by atoms with Crippen molar-refractivity contribution >= 4 is 8.07 Å². The quantitative estimate of drug-likeness (QED) is 0.564. The zero-order chi connectivity index (χ0) is 15.6. The Morgan fingerprint density at radius 2 is 1.50 bits per heavy atom. The Labute approximate surface area is 136 Å². The summed E-state index contributed by atoms with van der Waals surface area (Å²) in [5.74, 6) is 0. The maximum atomic E-state index is 2.60. The van der Waals surface area contributed by atoms with Gasteiger partial charge in [0.2, 0.25) is 0 Å². The largest absolute Gasteiger partial charge is 0.0689 e. The predicted octanol–water partition coefficient (Wildman–Crippen LogP) is 6.55. The van der Waals surface area contributed by atoms with Gasteiger partial charge in [0.25, 0.3) is 0 Å². The van der Waals surface area contributed by atoms with Crippen LogP contribution in [0.3, 0.4) is 0 Å². The van der Waals surface area contributed by atoms with Crippen LogP contribution in [0.25, 0.3) is 11.1 Å². The third-order valence-corrected chi connectivity index (χ3v) is 11.4. The number of hydrogen-bond donors (Lipinski definition) is 0. The van der Waals surface area contributed by atoms with Crippen molar-refractivity contribution in [3.8, 4) is 11.1 Å². The first-order valence-electron chi connectivity index (χ1n) is 8.65. The van der Waals surface area contributed by atoms with E-state index in [9.17, 15) is 0 Å². The number of benzene rings is 2. The summed E-state index contributed by atoms with van der Waals surface area (Å²) in [6.45, 7) is 7.76. The van der Waals surface area contributed by atoms with E-state index in [-0.39, 0.29) is 0 Å². The van der Waals surface area contributed by atoms with E-state index in [4.69, 9.17) is 0 Å². The Morgan fingerprint density at radius 3 is 2.14 bits per heavy atom. The maximum Gasteiger partial charge on any atom is 0.0536 e. The Hall–Kier alpha value is -1.34. The molecule has 0 radical (unpaired) electrons. The molecule has 22 heavy (non-hydrogen) atoms. The molecule has 2 aromatic rings. The third-order valence-electron chi connectivity index (χ3n) is 6.07. The highest BCUT2D eigenvalue weighted by Gasteiger charge is 2.43. The summed E-state index contributed by atoms with van der Waals surface area (Å²) in [6.07, 6.45) is 5.57. The average molecular weight is 309 g/mol. The van der Waals surface area contributed by atoms with E-state index >= 15 is 0 Å². The van der Waals surface area contributed by atoms with Crippen LogP contribution in [0, 0.1) is 0 Å². The molecule has 2 aromatic carbocycles. The summed E-state index contributed by atoms with van der Waals surface area (Å²) in [6, 6.07) is 21.5. The van der Waals surface area contributed by atoms with Gasteiger partial charge >= 0.3 is 0 Å². The van der Waals surface area contributed by atoms with Gasteiger partial charge in [-0.05, 0) is 34.6 Å². The van der Waals surface area contributed by atoms with E-state index in [0.717, 1.165) is 0 Å². The molecule has 3 rings (SSSR count). The fraction of sp³-hybridized carbons (Fsp3) is 0.429. The van der Waals surface area contributed by atoms with E-state index in [1.807, 2.05) is 0 Å². The van der Waals surface area contributed by atoms with Crippen LogP contribution < -0.4 is 0 Å². The minimum Gasteiger partial charge on any atom is -0.0689 e. The second-order valence-electron chi connectivity index (χ2n) is 7.89. The molecule has 1 unspecified atom stereocenters. The fourth-order valence-corrected chi connectivity index (χ4v) is 7.22. The summed E-state index contributed by atoms with van der Waals surface area (Å²) in [4.78, 5) is 0. The molecule has 116 valence electrons. The van der Waals surface area contributed by atoms with E-state index in [1.54, 1.807) is 0 Å². The fourth-order valence-electron chi connectivity index (χ4n) is 3.95. The number of rotatable bonds is 3. The topological polar surface area (TPSA) is 0 Å². The second kappa shape index (κ2) is 6.04. The summed E-state index contributed by atoms with van der Waals surface area (Å²) in [5, 5.41) is 0.569. The molecule has 1 fully saturated rings. The second-order valence-corrected chi connectivity index (χ2v) is 13.4. The van der Waals surface area contributed by atoms with Crippen molar-refractivity contribution in [1.29, 1.82) is 0 Å². The van der Waals surface area contributed by atoms with E-state index in [0.29, 0.717) is 5.04 Å². The molecule has 1 saturated heterocycles. The first-order valence-corrected chi connectivity index (χ1v) is 11.9. The van der Waals surface area contributed by atoms with Crippen molar-refractivity contribution in [2.24, 2.45) is 0 Å². The van der Waals surface area contributed by atoms with Crippen molar-refractivity contribution in [1.82, 2.24) is 0 Å². The molecule has 0 saturated carbocycles. The maximum absolute atomic E-state index is 2.60. The first kappa shape index (κ1) is 15.5. The molecule has 1 heterocycles. The zero-order valence-corrected chi connectivity index (χ0v) is 15.2. The monoisotopic (exact) mass is 308 g/mol. The van der Waals surface area contributed by atoms with E-state index < -0.39 is 8.07 Å². The average Bonchev–Trinajstić information content (AvgIpc) is 2.52. The molecular weight excluding hydrogens is 280 g/mol. The van der Waals surface area contributed by atoms with Crippen molar-refractivity contribution < 1.29 is 0 Å². The predicted molar refractivity (Wildman–Crippen MR) is 100 cm³/mol. The Morgan fingerprint density at radius 1 is 0.864 bits per heavy atom. The molecular formula is C21H28Si. The highest BCUT2D eigenvalue weighted by Crippen LogP contribution is 2.51. The van der Waals surface area contributed by atoms with Crippen LogP contribution in [0.5, 0.6) is 0 Å². The molecule has 0 amide bonds. The highest BCUT2D eigenvalue weighted by atomic mass is 28.3. The van der Waals surface area contributed by atoms with E-state index in [1.165, 1.54) is 48.4 Å². The van der Waals surface area contributed by atoms with Crippen LogP contribution in [0.4, 0.5) is 0 Å². The van der Waals surface area contributed by atoms with Crippen molar-refractivity contribution in [3.05, 3.63) is 60.2 Å². The zero-order valence-electron chi connectivity index (χ0n) is 14.2. The summed E-state index contributed by atoms with van der Waals surface area (Å²) >= 11 is 0. The van der Waals surface area contributed by atoms with Crippen LogP contribution in [-0.2, 0) is 6.42 Å². The number of hydrogen-bond acceptors (Lipinski definition) is 0. The van der Waals surface area contributed by atoms with E-state index in [2.05, 4.69) is 74.6 Å². The van der Waals surface area contributed by atoms with Crippen molar-refractivity contribution in [2.45, 2.75) is 56.8 Å². The first-order chi connectivity index (χ1) is 10.5. The Kier molecular flexibility index (Phi) is 4.27. The standard InChI is InChI=1S/C21H28Si/c1-21(15-7-8-16-22(21,2)3)17-18-11-13-20(14-12-18)19-9-5-4-6-10-19/h4-6,9-14H,7-8,15-17H2,1-3H3. The van der Waals surface area contributed by atoms with Gasteiger partial charge in [-0.25, -0.2) is 0 Å². The smallest absolute Gasteiger partial charge is 0.0536 e. The molecule has 0 N–H and O–H groups in total. The van der Waals surface area contributed by atoms with Gasteiger partial charge in [0, 0.05) is 0 Å². The minimum absolute atomic E-state index is 0.569. The summed E-state index contributed by atoms with van der Waals surface area (Å²) < 4.78 is 0. The Balaban J connectivity index is 1.79. The summed E-state index contributed by atoms with van der Waals surface area (Å²) in [7, 11) is -1.10. The molecule has 0 aliphatic carbocycles. The van der Waals surface area contributed by atoms with Crippen LogP contribution in [-0.4, -0.2) is 8.07 Å². The van der Waals surface area contributed by atoms with Crippen LogP contribution in [0.2, 0.25) is 24.2 Å². The van der Waals surface area contributed by atoms with Crippen molar-refractivity contribution in [3.63, 3.8) is 0 Å². The van der Waals surface area contributed by atoms with Crippen LogP contribution in [0.15, 0.2) is 54.6 Å². The normalized spacial score (nSPS) is 24.1. The molecule has 1 aliphatic rings. The third kappa shape index (κ3) is 3.05. The molecule has 0 nitrogen and oxygen atoms in total. The molecule has 1 heteroatoms. The highest BCUT2D eigenvalue weighted by molar-refractivity contribution is 6.80. The Bertz CT molecular complexity index is 612. The van der Waals surface area contributed by atoms with Gasteiger partial charge < -0.3 is 0 Å². The minimum atomic E-state index is -1.10. The lowest BCUT2D eigenvalue weighted by atomic mass is 9.93. The SMILES string of the molecule is CC1(Cc2ccc(-c3ccccc3)cc2)CCCC[Si]1(C)C. The molecule has 0 bridgehead atoms. The molecule has 0 spiro atoms. The lowest BCUT2D eigenvalue weighted by Gasteiger charge is -2.47. The molecule has 1 atom stereocenters. The van der Waals surface area contributed by atoms with Gasteiger partial charge in [-0.3, -0.25) is 0 Å². The van der Waals surface area contributed by atoms with Crippen LogP contribution in [0.1, 0.15) is 31.7 Å². The van der Waals surface area contributed by atoms with Gasteiger partial charge in [-0.2, -0.15) is 0 Å². The van der Waals surface area contributed by atoms with Gasteiger partial charge in [-0.1, -0.05) is 93.5 Å². The van der Waals surface area contributed by atoms with Gasteiger partial charge in [0.05, 0.1) is 8.07 Å². The van der Waals surface area contributed by atoms with Crippen LogP contribution >= 0.6 is 0 Å².